The first kappa shape index (κ1) is 17.9. The van der Waals surface area contributed by atoms with E-state index in [-0.39, 0.29) is 11.9 Å². The van der Waals surface area contributed by atoms with Gasteiger partial charge < -0.3 is 14.7 Å². The second kappa shape index (κ2) is 8.44. The largest absolute Gasteiger partial charge is 0.482 e. The van der Waals surface area contributed by atoms with Crippen LogP contribution < -0.4 is 4.74 Å². The number of carbonyl (C=O) groups is 2. The Labute approximate surface area is 144 Å². The van der Waals surface area contributed by atoms with Crippen LogP contribution in [0.1, 0.15) is 29.2 Å². The Bertz CT molecular complexity index is 686. The monoisotopic (exact) mass is 348 g/mol. The van der Waals surface area contributed by atoms with Gasteiger partial charge in [-0.3, -0.25) is 4.79 Å². The quantitative estimate of drug-likeness (QED) is 0.793. The van der Waals surface area contributed by atoms with Gasteiger partial charge in [0.05, 0.1) is 5.01 Å². The van der Waals surface area contributed by atoms with E-state index in [1.807, 2.05) is 19.2 Å². The molecule has 2 aromatic rings. The number of nitrogens with zero attached hydrogens (tertiary/aromatic N) is 2. The maximum Gasteiger partial charge on any atom is 0.341 e. The third-order valence-electron chi connectivity index (χ3n) is 3.38. The van der Waals surface area contributed by atoms with Crippen LogP contribution in [0, 0.1) is 0 Å². The van der Waals surface area contributed by atoms with Crippen molar-refractivity contribution in [2.45, 2.75) is 26.3 Å². The van der Waals surface area contributed by atoms with Gasteiger partial charge in [-0.25, -0.2) is 9.78 Å². The van der Waals surface area contributed by atoms with Crippen molar-refractivity contribution in [2.24, 2.45) is 0 Å². The molecular formula is C17H20N2O4S. The van der Waals surface area contributed by atoms with E-state index in [4.69, 9.17) is 9.84 Å². The van der Waals surface area contributed by atoms with E-state index in [9.17, 15) is 9.59 Å². The molecule has 0 aliphatic heterocycles. The highest BCUT2D eigenvalue weighted by atomic mass is 32.1. The summed E-state index contributed by atoms with van der Waals surface area (Å²) in [5.41, 5.74) is 0.478. The molecule has 0 aliphatic carbocycles. The van der Waals surface area contributed by atoms with E-state index in [1.54, 1.807) is 46.7 Å². The predicted molar refractivity (Wildman–Crippen MR) is 91.6 cm³/mol. The lowest BCUT2D eigenvalue weighted by Crippen LogP contribution is -2.38. The number of hydrogen-bond acceptors (Lipinski definition) is 5. The molecule has 1 aromatic carbocycles. The number of carboxylic acid groups (broad SMARTS) is 1. The average molecular weight is 348 g/mol. The van der Waals surface area contributed by atoms with Gasteiger partial charge >= 0.3 is 5.97 Å². The van der Waals surface area contributed by atoms with Crippen LogP contribution >= 0.6 is 11.3 Å². The summed E-state index contributed by atoms with van der Waals surface area (Å²) in [6, 6.07) is 6.64. The SMILES string of the molecule is CC(C)N(CCc1nccs1)C(=O)c1cccc(OCC(=O)O)c1. The lowest BCUT2D eigenvalue weighted by atomic mass is 10.1. The maximum absolute atomic E-state index is 12.8. The van der Waals surface area contributed by atoms with Crippen molar-refractivity contribution in [1.29, 1.82) is 0 Å². The molecule has 0 saturated heterocycles. The Morgan fingerprint density at radius 3 is 2.79 bits per heavy atom. The lowest BCUT2D eigenvalue weighted by molar-refractivity contribution is -0.139. The van der Waals surface area contributed by atoms with Crippen LogP contribution in [-0.2, 0) is 11.2 Å². The van der Waals surface area contributed by atoms with Gasteiger partial charge in [0.1, 0.15) is 5.75 Å². The molecule has 0 spiro atoms. The van der Waals surface area contributed by atoms with Crippen molar-refractivity contribution >= 4 is 23.2 Å². The smallest absolute Gasteiger partial charge is 0.341 e. The van der Waals surface area contributed by atoms with E-state index in [0.29, 0.717) is 24.3 Å². The van der Waals surface area contributed by atoms with Gasteiger partial charge in [-0.2, -0.15) is 0 Å². The maximum atomic E-state index is 12.8. The molecule has 7 heteroatoms. The average Bonchev–Trinajstić information content (AvgIpc) is 3.06. The van der Waals surface area contributed by atoms with Gasteiger partial charge in [-0.1, -0.05) is 6.07 Å². The Morgan fingerprint density at radius 2 is 2.17 bits per heavy atom. The summed E-state index contributed by atoms with van der Waals surface area (Å²) in [5.74, 6) is -0.798. The minimum atomic E-state index is -1.06. The van der Waals surface area contributed by atoms with Crippen LogP contribution in [0.5, 0.6) is 5.75 Å². The van der Waals surface area contributed by atoms with Crippen LogP contribution in [0.25, 0.3) is 0 Å². The highest BCUT2D eigenvalue weighted by Crippen LogP contribution is 2.17. The predicted octanol–water partition coefficient (Wildman–Crippen LogP) is 2.70. The van der Waals surface area contributed by atoms with E-state index in [0.717, 1.165) is 5.01 Å². The van der Waals surface area contributed by atoms with Crippen molar-refractivity contribution < 1.29 is 19.4 Å². The number of hydrogen-bond donors (Lipinski definition) is 1. The highest BCUT2D eigenvalue weighted by molar-refractivity contribution is 7.09. The third-order valence-corrected chi connectivity index (χ3v) is 4.22. The summed E-state index contributed by atoms with van der Waals surface area (Å²) >= 11 is 1.57. The number of amides is 1. The standard InChI is InChI=1S/C17H20N2O4S/c1-12(2)19(8-6-15-18-7-9-24-15)17(22)13-4-3-5-14(10-13)23-11-16(20)21/h3-5,7,9-10,12H,6,8,11H2,1-2H3,(H,20,21). The van der Waals surface area contributed by atoms with Crippen molar-refractivity contribution in [1.82, 2.24) is 9.88 Å². The van der Waals surface area contributed by atoms with Gasteiger partial charge in [-0.15, -0.1) is 11.3 Å². The number of aromatic nitrogens is 1. The number of ether oxygens (including phenoxy) is 1. The molecule has 0 radical (unpaired) electrons. The second-order valence-corrected chi connectivity index (χ2v) is 6.46. The van der Waals surface area contributed by atoms with Gasteiger partial charge in [0.15, 0.2) is 6.61 Å². The number of carbonyl (C=O) groups excluding carboxylic acids is 1. The molecule has 0 unspecified atom stereocenters. The Kier molecular flexibility index (Phi) is 6.31. The number of rotatable bonds is 8. The summed E-state index contributed by atoms with van der Waals surface area (Å²) in [6.07, 6.45) is 2.46. The van der Waals surface area contributed by atoms with Crippen LogP contribution in [0.3, 0.4) is 0 Å². The van der Waals surface area contributed by atoms with Crippen molar-refractivity contribution in [3.63, 3.8) is 0 Å². The van der Waals surface area contributed by atoms with Gasteiger partial charge in [0.25, 0.3) is 5.91 Å². The van der Waals surface area contributed by atoms with Gasteiger partial charge in [0.2, 0.25) is 0 Å². The van der Waals surface area contributed by atoms with Gasteiger partial charge in [0, 0.05) is 36.1 Å². The Morgan fingerprint density at radius 1 is 1.38 bits per heavy atom. The molecule has 6 nitrogen and oxygen atoms in total. The van der Waals surface area contributed by atoms with E-state index in [1.165, 1.54) is 0 Å². The number of benzene rings is 1. The first-order valence-corrected chi connectivity index (χ1v) is 8.49. The van der Waals surface area contributed by atoms with Crippen molar-refractivity contribution in [3.8, 4) is 5.75 Å². The second-order valence-electron chi connectivity index (χ2n) is 5.48. The van der Waals surface area contributed by atoms with Crippen molar-refractivity contribution in [3.05, 3.63) is 46.4 Å². The number of aliphatic carboxylic acids is 1. The topological polar surface area (TPSA) is 79.7 Å². The van der Waals surface area contributed by atoms with Crippen LogP contribution in [0.15, 0.2) is 35.8 Å². The van der Waals surface area contributed by atoms with Crippen LogP contribution in [0.2, 0.25) is 0 Å². The van der Waals surface area contributed by atoms with E-state index >= 15 is 0 Å². The zero-order chi connectivity index (χ0) is 17.5. The Balaban J connectivity index is 2.08. The molecule has 1 N–H and O–H groups in total. The number of carboxylic acids is 1. The minimum Gasteiger partial charge on any atom is -0.482 e. The minimum absolute atomic E-state index is 0.0426. The summed E-state index contributed by atoms with van der Waals surface area (Å²) in [4.78, 5) is 29.4. The molecule has 0 bridgehead atoms. The molecule has 1 heterocycles. The molecule has 0 atom stereocenters. The molecule has 1 aromatic heterocycles. The summed E-state index contributed by atoms with van der Waals surface area (Å²) < 4.78 is 5.14. The summed E-state index contributed by atoms with van der Waals surface area (Å²) in [5, 5.41) is 11.6. The fraction of sp³-hybridized carbons (Fsp3) is 0.353. The first-order chi connectivity index (χ1) is 11.5. The first-order valence-electron chi connectivity index (χ1n) is 7.61. The normalized spacial score (nSPS) is 10.6. The lowest BCUT2D eigenvalue weighted by Gasteiger charge is -2.26. The molecule has 2 rings (SSSR count). The summed E-state index contributed by atoms with van der Waals surface area (Å²) in [7, 11) is 0. The fourth-order valence-corrected chi connectivity index (χ4v) is 2.83. The zero-order valence-corrected chi connectivity index (χ0v) is 14.5. The van der Waals surface area contributed by atoms with Gasteiger partial charge in [-0.05, 0) is 32.0 Å². The van der Waals surface area contributed by atoms with Crippen LogP contribution in [0.4, 0.5) is 0 Å². The molecule has 128 valence electrons. The highest BCUT2D eigenvalue weighted by Gasteiger charge is 2.19. The molecule has 1 amide bonds. The molecule has 24 heavy (non-hydrogen) atoms. The van der Waals surface area contributed by atoms with E-state index in [2.05, 4.69) is 4.98 Å². The molecule has 0 aliphatic rings. The molecule has 0 saturated carbocycles. The Hall–Kier alpha value is -2.41. The molecule has 0 fully saturated rings. The van der Waals surface area contributed by atoms with Crippen molar-refractivity contribution in [2.75, 3.05) is 13.2 Å². The molecular weight excluding hydrogens is 328 g/mol. The van der Waals surface area contributed by atoms with E-state index < -0.39 is 12.6 Å². The summed E-state index contributed by atoms with van der Waals surface area (Å²) in [6.45, 7) is 4.06. The fourth-order valence-electron chi connectivity index (χ4n) is 2.22. The zero-order valence-electron chi connectivity index (χ0n) is 13.6. The number of thiazole rings is 1. The van der Waals surface area contributed by atoms with Crippen LogP contribution in [-0.4, -0.2) is 46.1 Å². The third kappa shape index (κ3) is 5.06.